The minimum absolute atomic E-state index is 0.363. The number of rotatable bonds is 5. The third-order valence-electron chi connectivity index (χ3n) is 3.16. The summed E-state index contributed by atoms with van der Waals surface area (Å²) in [6.07, 6.45) is 5.24. The molecular weight excluding hydrogens is 321 g/mol. The highest BCUT2D eigenvalue weighted by Gasteiger charge is 2.16. The van der Waals surface area contributed by atoms with E-state index in [4.69, 9.17) is 4.42 Å². The molecule has 0 aliphatic rings. The van der Waals surface area contributed by atoms with Gasteiger partial charge < -0.3 is 9.73 Å². The number of sulfone groups is 1. The van der Waals surface area contributed by atoms with Gasteiger partial charge in [-0.3, -0.25) is 4.79 Å². The molecule has 122 valence electrons. The molecule has 0 aliphatic carbocycles. The Labute approximate surface area is 133 Å². The first kappa shape index (κ1) is 17.0. The molecule has 0 bridgehead atoms. The van der Waals surface area contributed by atoms with Crippen LogP contribution in [-0.4, -0.2) is 20.6 Å². The van der Waals surface area contributed by atoms with Crippen LogP contribution in [0.3, 0.4) is 0 Å². The topological polar surface area (TPSA) is 76.4 Å². The number of nitrogens with one attached hydrogen (secondary N) is 1. The second-order valence-corrected chi connectivity index (χ2v) is 7.03. The van der Waals surface area contributed by atoms with E-state index in [1.54, 1.807) is 19.1 Å². The predicted octanol–water partition coefficient (Wildman–Crippen LogP) is 2.71. The molecule has 0 aliphatic heterocycles. The van der Waals surface area contributed by atoms with Gasteiger partial charge in [0.2, 0.25) is 5.91 Å². The van der Waals surface area contributed by atoms with Crippen LogP contribution in [0.4, 0.5) is 4.39 Å². The van der Waals surface area contributed by atoms with Crippen molar-refractivity contribution in [2.75, 3.05) is 6.26 Å². The van der Waals surface area contributed by atoms with Crippen molar-refractivity contribution in [1.82, 2.24) is 5.32 Å². The minimum Gasteiger partial charge on any atom is -0.465 e. The van der Waals surface area contributed by atoms with Crippen molar-refractivity contribution in [3.05, 3.63) is 59.8 Å². The van der Waals surface area contributed by atoms with Crippen molar-refractivity contribution in [3.63, 3.8) is 0 Å². The lowest BCUT2D eigenvalue weighted by Gasteiger charge is -2.14. The zero-order chi connectivity index (χ0) is 17.0. The van der Waals surface area contributed by atoms with Crippen molar-refractivity contribution in [1.29, 1.82) is 0 Å². The second kappa shape index (κ2) is 6.78. The molecule has 1 atom stereocenters. The van der Waals surface area contributed by atoms with E-state index in [1.165, 1.54) is 30.5 Å². The molecule has 1 N–H and O–H groups in total. The van der Waals surface area contributed by atoms with Gasteiger partial charge in [-0.25, -0.2) is 12.8 Å². The molecule has 5 nitrogen and oxygen atoms in total. The standard InChI is InChI=1S/C16H16FNO4S/c1-11(18-16(19)8-6-13-4-3-9-22-13)12-5-7-15(14(17)10-12)23(2,20)21/h3-11H,1-2H3,(H,18,19)/b8-6+/t11-/m0/s1. The Morgan fingerprint density at radius 2 is 2.09 bits per heavy atom. The fourth-order valence-corrected chi connectivity index (χ4v) is 2.70. The summed E-state index contributed by atoms with van der Waals surface area (Å²) in [5.41, 5.74) is 0.467. The predicted molar refractivity (Wildman–Crippen MR) is 83.8 cm³/mol. The first-order chi connectivity index (χ1) is 10.8. The van der Waals surface area contributed by atoms with E-state index in [1.807, 2.05) is 0 Å². The maximum atomic E-state index is 13.9. The number of amides is 1. The third-order valence-corrected chi connectivity index (χ3v) is 4.29. The normalized spacial score (nSPS) is 13.2. The van der Waals surface area contributed by atoms with Crippen LogP contribution in [-0.2, 0) is 14.6 Å². The molecule has 23 heavy (non-hydrogen) atoms. The Hall–Kier alpha value is -2.41. The van der Waals surface area contributed by atoms with Crippen LogP contribution < -0.4 is 5.32 Å². The molecule has 1 aromatic heterocycles. The Bertz CT molecular complexity index is 826. The van der Waals surface area contributed by atoms with Crippen molar-refractivity contribution < 1.29 is 22.0 Å². The Balaban J connectivity index is 2.07. The van der Waals surface area contributed by atoms with Crippen molar-refractivity contribution in [2.24, 2.45) is 0 Å². The van der Waals surface area contributed by atoms with Gasteiger partial charge in [0.1, 0.15) is 16.5 Å². The van der Waals surface area contributed by atoms with E-state index < -0.39 is 21.7 Å². The molecule has 0 saturated heterocycles. The van der Waals surface area contributed by atoms with Crippen LogP contribution >= 0.6 is 0 Å². The Morgan fingerprint density at radius 3 is 2.65 bits per heavy atom. The molecular formula is C16H16FNO4S. The SMILES string of the molecule is C[C@H](NC(=O)/C=C/c1ccco1)c1ccc(S(C)(=O)=O)c(F)c1. The molecule has 0 spiro atoms. The van der Waals surface area contributed by atoms with Crippen LogP contribution in [0.25, 0.3) is 6.08 Å². The molecule has 7 heteroatoms. The lowest BCUT2D eigenvalue weighted by molar-refractivity contribution is -0.117. The van der Waals surface area contributed by atoms with E-state index >= 15 is 0 Å². The maximum Gasteiger partial charge on any atom is 0.244 e. The molecule has 0 fully saturated rings. The highest BCUT2D eigenvalue weighted by Crippen LogP contribution is 2.20. The molecule has 2 rings (SSSR count). The largest absolute Gasteiger partial charge is 0.465 e. The molecule has 0 radical (unpaired) electrons. The summed E-state index contributed by atoms with van der Waals surface area (Å²) in [7, 11) is -3.62. The molecule has 1 heterocycles. The van der Waals surface area contributed by atoms with Crippen LogP contribution in [0, 0.1) is 5.82 Å². The number of halogens is 1. The van der Waals surface area contributed by atoms with E-state index in [0.717, 1.165) is 12.3 Å². The number of carbonyl (C=O) groups excluding carboxylic acids is 1. The number of furan rings is 1. The van der Waals surface area contributed by atoms with Crippen LogP contribution in [0.2, 0.25) is 0 Å². The van der Waals surface area contributed by atoms with E-state index in [0.29, 0.717) is 11.3 Å². The highest BCUT2D eigenvalue weighted by molar-refractivity contribution is 7.90. The summed E-state index contributed by atoms with van der Waals surface area (Å²) in [4.78, 5) is 11.4. The van der Waals surface area contributed by atoms with Gasteiger partial charge in [0.05, 0.1) is 12.3 Å². The van der Waals surface area contributed by atoms with E-state index in [-0.39, 0.29) is 10.8 Å². The van der Waals surface area contributed by atoms with Gasteiger partial charge in [-0.2, -0.15) is 0 Å². The lowest BCUT2D eigenvalue weighted by Crippen LogP contribution is -2.24. The van der Waals surface area contributed by atoms with Gasteiger partial charge in [-0.05, 0) is 42.8 Å². The van der Waals surface area contributed by atoms with Crippen LogP contribution in [0.15, 0.2) is 52.0 Å². The minimum atomic E-state index is -3.62. The van der Waals surface area contributed by atoms with E-state index in [2.05, 4.69) is 5.32 Å². The fourth-order valence-electron chi connectivity index (χ4n) is 1.98. The zero-order valence-electron chi connectivity index (χ0n) is 12.6. The zero-order valence-corrected chi connectivity index (χ0v) is 13.4. The molecule has 1 amide bonds. The summed E-state index contributed by atoms with van der Waals surface area (Å²) in [6.45, 7) is 1.67. The number of hydrogen-bond acceptors (Lipinski definition) is 4. The first-order valence-corrected chi connectivity index (χ1v) is 8.68. The highest BCUT2D eigenvalue weighted by atomic mass is 32.2. The number of carbonyl (C=O) groups is 1. The van der Waals surface area contributed by atoms with E-state index in [9.17, 15) is 17.6 Å². The Kier molecular flexibility index (Phi) is 5.00. The summed E-state index contributed by atoms with van der Waals surface area (Å²) in [6, 6.07) is 6.70. The molecule has 2 aromatic rings. The first-order valence-electron chi connectivity index (χ1n) is 6.79. The van der Waals surface area contributed by atoms with Gasteiger partial charge in [-0.1, -0.05) is 6.07 Å². The second-order valence-electron chi connectivity index (χ2n) is 5.04. The molecule has 1 aromatic carbocycles. The smallest absolute Gasteiger partial charge is 0.244 e. The van der Waals surface area contributed by atoms with Gasteiger partial charge in [0.25, 0.3) is 0 Å². The van der Waals surface area contributed by atoms with Crippen molar-refractivity contribution in [3.8, 4) is 0 Å². The third kappa shape index (κ3) is 4.53. The quantitative estimate of drug-likeness (QED) is 0.851. The average molecular weight is 337 g/mol. The Morgan fingerprint density at radius 1 is 1.35 bits per heavy atom. The summed E-state index contributed by atoms with van der Waals surface area (Å²) in [5, 5.41) is 2.66. The fraction of sp³-hybridized carbons (Fsp3) is 0.188. The van der Waals surface area contributed by atoms with Crippen LogP contribution in [0.1, 0.15) is 24.3 Å². The van der Waals surface area contributed by atoms with Gasteiger partial charge in [0, 0.05) is 12.3 Å². The number of hydrogen-bond donors (Lipinski definition) is 1. The molecule has 0 saturated carbocycles. The van der Waals surface area contributed by atoms with Gasteiger partial charge in [0.15, 0.2) is 9.84 Å². The maximum absolute atomic E-state index is 13.9. The lowest BCUT2D eigenvalue weighted by atomic mass is 10.1. The van der Waals surface area contributed by atoms with Gasteiger partial charge in [-0.15, -0.1) is 0 Å². The van der Waals surface area contributed by atoms with Crippen molar-refractivity contribution >= 4 is 21.8 Å². The monoisotopic (exact) mass is 337 g/mol. The molecule has 0 unspecified atom stereocenters. The summed E-state index contributed by atoms with van der Waals surface area (Å²) >= 11 is 0. The number of benzene rings is 1. The van der Waals surface area contributed by atoms with Crippen LogP contribution in [0.5, 0.6) is 0 Å². The van der Waals surface area contributed by atoms with Gasteiger partial charge >= 0.3 is 0 Å². The summed E-state index contributed by atoms with van der Waals surface area (Å²) < 4.78 is 41.7. The summed E-state index contributed by atoms with van der Waals surface area (Å²) in [5.74, 6) is -0.671. The van der Waals surface area contributed by atoms with Crippen molar-refractivity contribution in [2.45, 2.75) is 17.9 Å². The average Bonchev–Trinajstić information content (AvgIpc) is 2.96.